The van der Waals surface area contributed by atoms with E-state index in [9.17, 15) is 31.1 Å². The Kier molecular flexibility index (Phi) is 8.30. The van der Waals surface area contributed by atoms with Crippen molar-refractivity contribution in [2.75, 3.05) is 20.2 Å². The van der Waals surface area contributed by atoms with Gasteiger partial charge in [0, 0.05) is 13.1 Å². The molecule has 3 atom stereocenters. The maximum Gasteiger partial charge on any atom is 0.416 e. The van der Waals surface area contributed by atoms with Crippen molar-refractivity contribution >= 4 is 5.97 Å². The number of halogens is 6. The van der Waals surface area contributed by atoms with Crippen LogP contribution in [0.15, 0.2) is 42.5 Å². The summed E-state index contributed by atoms with van der Waals surface area (Å²) in [4.78, 5) is 13.9. The van der Waals surface area contributed by atoms with E-state index in [1.165, 1.54) is 7.11 Å². The molecule has 0 radical (unpaired) electrons. The van der Waals surface area contributed by atoms with Gasteiger partial charge in [-0.05, 0) is 85.5 Å². The maximum atomic E-state index is 13.5. The number of carbonyl (C=O) groups excluding carboxylic acids is 1. The third-order valence-corrected chi connectivity index (χ3v) is 7.38. The van der Waals surface area contributed by atoms with Crippen molar-refractivity contribution in [3.05, 3.63) is 64.7 Å². The van der Waals surface area contributed by atoms with Gasteiger partial charge in [0.2, 0.25) is 0 Å². The van der Waals surface area contributed by atoms with Crippen LogP contribution in [-0.2, 0) is 28.4 Å². The number of carbonyl (C=O) groups is 1. The van der Waals surface area contributed by atoms with Crippen LogP contribution in [0.4, 0.5) is 26.3 Å². The molecule has 2 aromatic carbocycles. The highest BCUT2D eigenvalue weighted by molar-refractivity contribution is 5.73. The Morgan fingerprint density at radius 2 is 1.76 bits per heavy atom. The molecule has 0 N–H and O–H groups in total. The van der Waals surface area contributed by atoms with Gasteiger partial charge in [0.25, 0.3) is 0 Å². The maximum absolute atomic E-state index is 13.5. The standard InChI is InChI=1S/C28H31F6NO3/c1-17(26(36)37-2)25(18-8-9-18)19-5-3-6-22(14-19)38-23-7-4-12-35(16-23)15-20-13-21(27(29,30)31)10-11-24(20)28(32,33)34/h3,5-6,10-11,13-14,17-18,23,25H,4,7-9,12,15-16H2,1-2H3/t17-,23+,25-/m0/s1. The first-order chi connectivity index (χ1) is 17.9. The van der Waals surface area contributed by atoms with Gasteiger partial charge in [-0.1, -0.05) is 19.1 Å². The van der Waals surface area contributed by atoms with E-state index in [2.05, 4.69) is 0 Å². The van der Waals surface area contributed by atoms with Crippen LogP contribution in [0.5, 0.6) is 5.75 Å². The van der Waals surface area contributed by atoms with Gasteiger partial charge in [0.1, 0.15) is 11.9 Å². The molecular formula is C28H31F6NO3. The van der Waals surface area contributed by atoms with Gasteiger partial charge < -0.3 is 9.47 Å². The van der Waals surface area contributed by atoms with Crippen LogP contribution in [0.1, 0.15) is 60.8 Å². The van der Waals surface area contributed by atoms with Crippen LogP contribution in [0, 0.1) is 11.8 Å². The van der Waals surface area contributed by atoms with Crippen molar-refractivity contribution < 1.29 is 40.6 Å². The molecule has 0 unspecified atom stereocenters. The average molecular weight is 544 g/mol. The zero-order valence-corrected chi connectivity index (χ0v) is 21.2. The summed E-state index contributed by atoms with van der Waals surface area (Å²) in [7, 11) is 1.37. The fourth-order valence-corrected chi connectivity index (χ4v) is 5.42. The Hall–Kier alpha value is -2.75. The van der Waals surface area contributed by atoms with Crippen molar-refractivity contribution in [1.29, 1.82) is 0 Å². The largest absolute Gasteiger partial charge is 0.489 e. The van der Waals surface area contributed by atoms with E-state index in [0.717, 1.165) is 18.4 Å². The number of hydrogen-bond acceptors (Lipinski definition) is 4. The molecule has 0 amide bonds. The average Bonchev–Trinajstić information content (AvgIpc) is 3.68. The SMILES string of the molecule is COC(=O)[C@@H](C)[C@H](c1cccc(O[C@@H]2CCCN(Cc3cc(C(F)(F)F)ccc3C(F)(F)F)C2)c1)C1CC1. The smallest absolute Gasteiger partial charge is 0.416 e. The van der Waals surface area contributed by atoms with E-state index in [1.807, 2.05) is 25.1 Å². The molecule has 4 nitrogen and oxygen atoms in total. The second-order valence-electron chi connectivity index (χ2n) is 10.2. The first kappa shape index (κ1) is 28.3. The Morgan fingerprint density at radius 3 is 2.39 bits per heavy atom. The minimum absolute atomic E-state index is 0.00412. The Labute approximate surface area is 217 Å². The van der Waals surface area contributed by atoms with Gasteiger partial charge in [-0.15, -0.1) is 0 Å². The normalized spacial score (nSPS) is 20.6. The molecule has 208 valence electrons. The number of rotatable bonds is 8. The summed E-state index contributed by atoms with van der Waals surface area (Å²) in [6, 6.07) is 9.07. The number of esters is 1. The predicted molar refractivity (Wildman–Crippen MR) is 128 cm³/mol. The molecular weight excluding hydrogens is 512 g/mol. The fourth-order valence-electron chi connectivity index (χ4n) is 5.42. The number of methoxy groups -OCH3 is 1. The molecule has 10 heteroatoms. The third kappa shape index (κ3) is 6.81. The first-order valence-corrected chi connectivity index (χ1v) is 12.7. The molecule has 1 saturated carbocycles. The van der Waals surface area contributed by atoms with Crippen molar-refractivity contribution in [2.24, 2.45) is 11.8 Å². The van der Waals surface area contributed by atoms with Crippen LogP contribution in [0.25, 0.3) is 0 Å². The molecule has 2 aliphatic rings. The van der Waals surface area contributed by atoms with Crippen LogP contribution >= 0.6 is 0 Å². The van der Waals surface area contributed by atoms with E-state index in [0.29, 0.717) is 49.3 Å². The van der Waals surface area contributed by atoms with Gasteiger partial charge in [-0.25, -0.2) is 0 Å². The zero-order valence-electron chi connectivity index (χ0n) is 21.2. The van der Waals surface area contributed by atoms with Gasteiger partial charge in [0.05, 0.1) is 24.2 Å². The van der Waals surface area contributed by atoms with Gasteiger partial charge in [-0.3, -0.25) is 9.69 Å². The molecule has 0 aromatic heterocycles. The summed E-state index contributed by atoms with van der Waals surface area (Å²) in [6.07, 6.45) is -6.47. The first-order valence-electron chi connectivity index (χ1n) is 12.7. The van der Waals surface area contributed by atoms with E-state index >= 15 is 0 Å². The fraction of sp³-hybridized carbons (Fsp3) is 0.536. The van der Waals surface area contributed by atoms with Gasteiger partial charge >= 0.3 is 18.3 Å². The molecule has 1 saturated heterocycles. The number of piperidine rings is 1. The minimum Gasteiger partial charge on any atom is -0.489 e. The highest BCUT2D eigenvalue weighted by Crippen LogP contribution is 2.47. The van der Waals surface area contributed by atoms with Gasteiger partial charge in [0.15, 0.2) is 0 Å². The lowest BCUT2D eigenvalue weighted by atomic mass is 9.83. The summed E-state index contributed by atoms with van der Waals surface area (Å²) in [6.45, 7) is 2.32. The van der Waals surface area contributed by atoms with E-state index in [1.54, 1.807) is 11.0 Å². The van der Waals surface area contributed by atoms with E-state index < -0.39 is 29.0 Å². The zero-order chi connectivity index (χ0) is 27.7. The molecule has 1 heterocycles. The molecule has 0 bridgehead atoms. The topological polar surface area (TPSA) is 38.8 Å². The Bertz CT molecular complexity index is 1130. The number of likely N-dealkylation sites (tertiary alicyclic amines) is 1. The van der Waals surface area contributed by atoms with Crippen LogP contribution in [0.2, 0.25) is 0 Å². The Morgan fingerprint density at radius 1 is 1.03 bits per heavy atom. The second kappa shape index (κ2) is 11.2. The lowest BCUT2D eigenvalue weighted by Crippen LogP contribution is -2.41. The van der Waals surface area contributed by atoms with Crippen LogP contribution in [0.3, 0.4) is 0 Å². The van der Waals surface area contributed by atoms with E-state index in [4.69, 9.17) is 9.47 Å². The van der Waals surface area contributed by atoms with Crippen molar-refractivity contribution in [2.45, 2.75) is 63.5 Å². The molecule has 0 spiro atoms. The molecule has 2 aromatic rings. The molecule has 38 heavy (non-hydrogen) atoms. The lowest BCUT2D eigenvalue weighted by Gasteiger charge is -2.33. The van der Waals surface area contributed by atoms with E-state index in [-0.39, 0.29) is 37.0 Å². The second-order valence-corrected chi connectivity index (χ2v) is 10.2. The summed E-state index contributed by atoms with van der Waals surface area (Å²) in [5.74, 6) is 0.384. The highest BCUT2D eigenvalue weighted by Gasteiger charge is 2.40. The monoisotopic (exact) mass is 543 g/mol. The van der Waals surface area contributed by atoms with Crippen LogP contribution < -0.4 is 4.74 Å². The third-order valence-electron chi connectivity index (χ3n) is 7.38. The minimum atomic E-state index is -4.76. The summed E-state index contributed by atoms with van der Waals surface area (Å²) >= 11 is 0. The summed E-state index contributed by atoms with van der Waals surface area (Å²) in [5.41, 5.74) is -1.60. The molecule has 4 rings (SSSR count). The molecule has 2 fully saturated rings. The predicted octanol–water partition coefficient (Wildman–Crippen LogP) is 7.07. The number of hydrogen-bond donors (Lipinski definition) is 0. The lowest BCUT2D eigenvalue weighted by molar-refractivity contribution is -0.146. The van der Waals surface area contributed by atoms with Crippen molar-refractivity contribution in [3.63, 3.8) is 0 Å². The number of ether oxygens (including phenoxy) is 2. The number of benzene rings is 2. The summed E-state index contributed by atoms with van der Waals surface area (Å²) < 4.78 is 91.3. The molecule has 1 aliphatic carbocycles. The van der Waals surface area contributed by atoms with Crippen LogP contribution in [-0.4, -0.2) is 37.2 Å². The number of nitrogens with zero attached hydrogens (tertiary/aromatic N) is 1. The highest BCUT2D eigenvalue weighted by atomic mass is 19.4. The van der Waals surface area contributed by atoms with Crippen molar-refractivity contribution in [3.8, 4) is 5.75 Å². The quantitative estimate of drug-likeness (QED) is 0.264. The number of alkyl halides is 6. The van der Waals surface area contributed by atoms with Gasteiger partial charge in [-0.2, -0.15) is 26.3 Å². The summed E-state index contributed by atoms with van der Waals surface area (Å²) in [5, 5.41) is 0. The molecule has 1 aliphatic heterocycles. The van der Waals surface area contributed by atoms with Crippen molar-refractivity contribution in [1.82, 2.24) is 4.90 Å². The Balaban J connectivity index is 1.48.